The minimum atomic E-state index is -0.589. The number of esters is 1. The average Bonchev–Trinajstić information content (AvgIpc) is 2.95. The first-order valence-electron chi connectivity index (χ1n) is 6.01. The van der Waals surface area contributed by atoms with Crippen LogP contribution in [-0.4, -0.2) is 35.0 Å². The van der Waals surface area contributed by atoms with Gasteiger partial charge in [0.1, 0.15) is 12.1 Å². The van der Waals surface area contributed by atoms with Crippen molar-refractivity contribution < 1.29 is 14.3 Å². The normalized spacial score (nSPS) is 12.0. The van der Waals surface area contributed by atoms with Crippen LogP contribution in [0.2, 0.25) is 0 Å². The van der Waals surface area contributed by atoms with Gasteiger partial charge in [0.05, 0.1) is 19.9 Å². The van der Waals surface area contributed by atoms with Crippen molar-refractivity contribution in [2.45, 2.75) is 13.0 Å². The van der Waals surface area contributed by atoms with Gasteiger partial charge in [0.25, 0.3) is 5.82 Å². The summed E-state index contributed by atoms with van der Waals surface area (Å²) in [7, 11) is 2.86. The van der Waals surface area contributed by atoms with E-state index in [4.69, 9.17) is 10.5 Å². The maximum absolute atomic E-state index is 11.4. The summed E-state index contributed by atoms with van der Waals surface area (Å²) in [6, 6.07) is 5.21. The molecule has 106 valence electrons. The summed E-state index contributed by atoms with van der Waals surface area (Å²) in [6.45, 7) is 1.85. The summed E-state index contributed by atoms with van der Waals surface area (Å²) < 4.78 is 11.4. The molecule has 0 amide bonds. The third kappa shape index (κ3) is 2.48. The van der Waals surface area contributed by atoms with E-state index in [0.29, 0.717) is 11.4 Å². The molecule has 2 rings (SSSR count). The van der Waals surface area contributed by atoms with Gasteiger partial charge in [0.2, 0.25) is 0 Å². The highest BCUT2D eigenvalue weighted by atomic mass is 16.5. The number of nitrogens with two attached hydrogens (primary N) is 1. The second-order valence-corrected chi connectivity index (χ2v) is 4.19. The summed E-state index contributed by atoms with van der Waals surface area (Å²) in [5.41, 5.74) is 7.49. The first-order chi connectivity index (χ1) is 9.58. The van der Waals surface area contributed by atoms with Crippen LogP contribution >= 0.6 is 0 Å². The summed E-state index contributed by atoms with van der Waals surface area (Å²) >= 11 is 0. The maximum Gasteiger partial charge on any atom is 0.377 e. The van der Waals surface area contributed by atoms with Crippen LogP contribution in [0.5, 0.6) is 5.75 Å². The van der Waals surface area contributed by atoms with Gasteiger partial charge in [-0.2, -0.15) is 0 Å². The number of methoxy groups -OCH3 is 2. The molecule has 1 aromatic heterocycles. The Morgan fingerprint density at radius 1 is 1.40 bits per heavy atom. The van der Waals surface area contributed by atoms with Gasteiger partial charge >= 0.3 is 5.97 Å². The monoisotopic (exact) mass is 276 g/mol. The van der Waals surface area contributed by atoms with Gasteiger partial charge in [-0.25, -0.2) is 14.5 Å². The lowest BCUT2D eigenvalue weighted by atomic mass is 10.1. The van der Waals surface area contributed by atoms with E-state index in [9.17, 15) is 4.79 Å². The number of hydrogen-bond acceptors (Lipinski definition) is 6. The van der Waals surface area contributed by atoms with Gasteiger partial charge in [-0.1, -0.05) is 6.07 Å². The molecule has 2 aromatic rings. The highest BCUT2D eigenvalue weighted by molar-refractivity contribution is 5.84. The van der Waals surface area contributed by atoms with Gasteiger partial charge in [0.15, 0.2) is 0 Å². The summed E-state index contributed by atoms with van der Waals surface area (Å²) in [4.78, 5) is 15.3. The molecule has 0 aliphatic heterocycles. The van der Waals surface area contributed by atoms with E-state index in [-0.39, 0.29) is 11.9 Å². The molecule has 0 bridgehead atoms. The molecule has 0 spiro atoms. The SMILES string of the molecule is COC(=O)c1ncn(-c2cccc(OC)c2[C@H](C)N)n1. The van der Waals surface area contributed by atoms with Gasteiger partial charge in [-0.05, 0) is 19.1 Å². The van der Waals surface area contributed by atoms with E-state index in [2.05, 4.69) is 14.8 Å². The lowest BCUT2D eigenvalue weighted by Gasteiger charge is -2.16. The third-order valence-corrected chi connectivity index (χ3v) is 2.83. The smallest absolute Gasteiger partial charge is 0.377 e. The van der Waals surface area contributed by atoms with E-state index >= 15 is 0 Å². The number of hydrogen-bond donors (Lipinski definition) is 1. The minimum Gasteiger partial charge on any atom is -0.496 e. The van der Waals surface area contributed by atoms with Gasteiger partial charge in [0, 0.05) is 11.6 Å². The number of aromatic nitrogens is 3. The molecule has 7 heteroatoms. The van der Waals surface area contributed by atoms with Crippen LogP contribution in [0.4, 0.5) is 0 Å². The van der Waals surface area contributed by atoms with E-state index in [1.807, 2.05) is 25.1 Å². The van der Waals surface area contributed by atoms with Crippen molar-refractivity contribution in [3.8, 4) is 11.4 Å². The zero-order valence-corrected chi connectivity index (χ0v) is 11.5. The fourth-order valence-electron chi connectivity index (χ4n) is 1.93. The van der Waals surface area contributed by atoms with Gasteiger partial charge in [-0.15, -0.1) is 5.10 Å². The first kappa shape index (κ1) is 14.0. The Labute approximate surface area is 116 Å². The second-order valence-electron chi connectivity index (χ2n) is 4.19. The molecule has 0 saturated heterocycles. The summed E-state index contributed by atoms with van der Waals surface area (Å²) in [5, 5.41) is 4.09. The van der Waals surface area contributed by atoms with Gasteiger partial charge < -0.3 is 15.2 Å². The van der Waals surface area contributed by atoms with Crippen LogP contribution in [0.1, 0.15) is 29.1 Å². The Balaban J connectivity index is 2.52. The first-order valence-corrected chi connectivity index (χ1v) is 6.01. The molecule has 0 fully saturated rings. The summed E-state index contributed by atoms with van der Waals surface area (Å²) in [5.74, 6) is 0.0626. The predicted octanol–water partition coefficient (Wildman–Crippen LogP) is 1.08. The van der Waals surface area contributed by atoms with E-state index < -0.39 is 5.97 Å². The predicted molar refractivity (Wildman–Crippen MR) is 71.9 cm³/mol. The fraction of sp³-hybridized carbons (Fsp3) is 0.308. The van der Waals surface area contributed by atoms with Gasteiger partial charge in [-0.3, -0.25) is 0 Å². The van der Waals surface area contributed by atoms with Crippen LogP contribution in [0, 0.1) is 0 Å². The molecule has 0 saturated carbocycles. The van der Waals surface area contributed by atoms with E-state index in [0.717, 1.165) is 5.56 Å². The number of carbonyl (C=O) groups is 1. The number of ether oxygens (including phenoxy) is 2. The largest absolute Gasteiger partial charge is 0.496 e. The molecule has 20 heavy (non-hydrogen) atoms. The Morgan fingerprint density at radius 3 is 2.75 bits per heavy atom. The molecular weight excluding hydrogens is 260 g/mol. The van der Waals surface area contributed by atoms with Crippen molar-refractivity contribution in [2.24, 2.45) is 5.73 Å². The molecule has 1 atom stereocenters. The standard InChI is InChI=1S/C13H16N4O3/c1-8(14)11-9(5-4-6-10(11)19-2)17-7-15-12(16-17)13(18)20-3/h4-8H,14H2,1-3H3/t8-/m0/s1. The lowest BCUT2D eigenvalue weighted by Crippen LogP contribution is -2.12. The number of carbonyl (C=O) groups excluding carboxylic acids is 1. The zero-order chi connectivity index (χ0) is 14.7. The molecule has 7 nitrogen and oxygen atoms in total. The molecular formula is C13H16N4O3. The molecule has 2 N–H and O–H groups in total. The average molecular weight is 276 g/mol. The van der Waals surface area contributed by atoms with Crippen molar-refractivity contribution in [3.05, 3.63) is 35.9 Å². The molecule has 0 unspecified atom stereocenters. The van der Waals surface area contributed by atoms with Crippen LogP contribution in [-0.2, 0) is 4.74 Å². The Kier molecular flexibility index (Phi) is 3.99. The van der Waals surface area contributed by atoms with Crippen molar-refractivity contribution >= 4 is 5.97 Å². The number of nitrogens with zero attached hydrogens (tertiary/aromatic N) is 3. The van der Waals surface area contributed by atoms with Crippen molar-refractivity contribution in [1.29, 1.82) is 0 Å². The third-order valence-electron chi connectivity index (χ3n) is 2.83. The van der Waals surface area contributed by atoms with Crippen LogP contribution < -0.4 is 10.5 Å². The number of rotatable bonds is 4. The number of benzene rings is 1. The van der Waals surface area contributed by atoms with Crippen LogP contribution in [0.25, 0.3) is 5.69 Å². The Hall–Kier alpha value is -2.41. The van der Waals surface area contributed by atoms with E-state index in [1.54, 1.807) is 7.11 Å². The van der Waals surface area contributed by atoms with Crippen LogP contribution in [0.3, 0.4) is 0 Å². The molecule has 0 aliphatic carbocycles. The Bertz CT molecular complexity index is 622. The molecule has 0 aliphatic rings. The summed E-state index contributed by atoms with van der Waals surface area (Å²) in [6.07, 6.45) is 1.44. The van der Waals surface area contributed by atoms with E-state index in [1.165, 1.54) is 18.1 Å². The minimum absolute atomic E-state index is 0.00838. The zero-order valence-electron chi connectivity index (χ0n) is 11.5. The van der Waals surface area contributed by atoms with Crippen LogP contribution in [0.15, 0.2) is 24.5 Å². The fourth-order valence-corrected chi connectivity index (χ4v) is 1.93. The molecule has 1 heterocycles. The quantitative estimate of drug-likeness (QED) is 0.840. The molecule has 0 radical (unpaired) electrons. The lowest BCUT2D eigenvalue weighted by molar-refractivity contribution is 0.0587. The maximum atomic E-state index is 11.4. The second kappa shape index (κ2) is 5.70. The highest BCUT2D eigenvalue weighted by Crippen LogP contribution is 2.29. The van der Waals surface area contributed by atoms with Crippen molar-refractivity contribution in [3.63, 3.8) is 0 Å². The highest BCUT2D eigenvalue weighted by Gasteiger charge is 2.17. The van der Waals surface area contributed by atoms with Crippen molar-refractivity contribution in [1.82, 2.24) is 14.8 Å². The van der Waals surface area contributed by atoms with Crippen molar-refractivity contribution in [2.75, 3.05) is 14.2 Å². The topological polar surface area (TPSA) is 92.3 Å². The Morgan fingerprint density at radius 2 is 2.15 bits per heavy atom. The molecule has 1 aromatic carbocycles.